The fourth-order valence-corrected chi connectivity index (χ4v) is 1.79. The van der Waals surface area contributed by atoms with Crippen LogP contribution in [0.25, 0.3) is 0 Å². The van der Waals surface area contributed by atoms with Crippen LogP contribution in [-0.4, -0.2) is 11.8 Å². The number of rotatable bonds is 4. The van der Waals surface area contributed by atoms with Gasteiger partial charge in [0.2, 0.25) is 5.91 Å². The Balaban J connectivity index is 2.19. The van der Waals surface area contributed by atoms with E-state index >= 15 is 0 Å². The third kappa shape index (κ3) is 3.21. The topological polar surface area (TPSA) is 98.2 Å². The molecule has 0 aliphatic heterocycles. The molecule has 0 aliphatic rings. The number of carbonyl (C=O) groups is 2. The molecule has 2 aromatic rings. The van der Waals surface area contributed by atoms with Crippen molar-refractivity contribution in [2.75, 3.05) is 5.32 Å². The predicted molar refractivity (Wildman–Crippen MR) is 77.2 cm³/mol. The van der Waals surface area contributed by atoms with Crippen molar-refractivity contribution in [1.29, 1.82) is 0 Å². The van der Waals surface area contributed by atoms with Crippen LogP contribution in [0, 0.1) is 0 Å². The van der Waals surface area contributed by atoms with Crippen LogP contribution >= 0.6 is 0 Å². The van der Waals surface area contributed by atoms with E-state index in [1.807, 2.05) is 12.1 Å². The summed E-state index contributed by atoms with van der Waals surface area (Å²) in [5.41, 5.74) is 13.0. The minimum atomic E-state index is -0.565. The molecule has 2 amide bonds. The molecular weight excluding hydrogens is 254 g/mol. The predicted octanol–water partition coefficient (Wildman–Crippen LogP) is 1.50. The summed E-state index contributed by atoms with van der Waals surface area (Å²) in [4.78, 5) is 23.2. The van der Waals surface area contributed by atoms with Crippen LogP contribution in [0.15, 0.2) is 48.5 Å². The van der Waals surface area contributed by atoms with Crippen molar-refractivity contribution in [2.45, 2.75) is 6.54 Å². The summed E-state index contributed by atoms with van der Waals surface area (Å²) in [6.07, 6.45) is 0. The van der Waals surface area contributed by atoms with E-state index in [-0.39, 0.29) is 5.91 Å². The summed E-state index contributed by atoms with van der Waals surface area (Å²) in [7, 11) is 0. The number of anilines is 1. The molecule has 0 saturated carbocycles. The molecule has 20 heavy (non-hydrogen) atoms. The number of nitrogens with two attached hydrogens (primary N) is 2. The Morgan fingerprint density at radius 1 is 1.00 bits per heavy atom. The molecule has 5 nitrogen and oxygen atoms in total. The highest BCUT2D eigenvalue weighted by Gasteiger charge is 2.09. The third-order valence-electron chi connectivity index (χ3n) is 2.83. The van der Waals surface area contributed by atoms with Crippen molar-refractivity contribution in [3.63, 3.8) is 0 Å². The zero-order valence-electron chi connectivity index (χ0n) is 10.8. The Bertz CT molecular complexity index is 653. The first-order chi connectivity index (χ1) is 9.60. The SMILES string of the molecule is NCc1cccc(NC(=O)c2cccc(C(N)=O)c2)c1. The van der Waals surface area contributed by atoms with Gasteiger partial charge in [-0.3, -0.25) is 9.59 Å². The molecular formula is C15H15N3O2. The van der Waals surface area contributed by atoms with Crippen LogP contribution in [0.4, 0.5) is 5.69 Å². The van der Waals surface area contributed by atoms with Gasteiger partial charge in [-0.2, -0.15) is 0 Å². The molecule has 0 heterocycles. The van der Waals surface area contributed by atoms with E-state index in [0.29, 0.717) is 23.4 Å². The van der Waals surface area contributed by atoms with Crippen molar-refractivity contribution in [2.24, 2.45) is 11.5 Å². The zero-order valence-corrected chi connectivity index (χ0v) is 10.8. The summed E-state index contributed by atoms with van der Waals surface area (Å²) in [5.74, 6) is -0.868. The lowest BCUT2D eigenvalue weighted by Crippen LogP contribution is -2.15. The van der Waals surface area contributed by atoms with Gasteiger partial charge in [-0.1, -0.05) is 18.2 Å². The average Bonchev–Trinajstić information content (AvgIpc) is 2.47. The van der Waals surface area contributed by atoms with Crippen LogP contribution < -0.4 is 16.8 Å². The molecule has 102 valence electrons. The Morgan fingerprint density at radius 2 is 1.70 bits per heavy atom. The summed E-state index contributed by atoms with van der Waals surface area (Å²) >= 11 is 0. The smallest absolute Gasteiger partial charge is 0.255 e. The Kier molecular flexibility index (Phi) is 4.12. The highest BCUT2D eigenvalue weighted by molar-refractivity contribution is 6.06. The van der Waals surface area contributed by atoms with E-state index in [9.17, 15) is 9.59 Å². The molecule has 0 aliphatic carbocycles. The number of amides is 2. The van der Waals surface area contributed by atoms with Crippen molar-refractivity contribution in [1.82, 2.24) is 0 Å². The lowest BCUT2D eigenvalue weighted by atomic mass is 10.1. The number of nitrogens with one attached hydrogen (secondary N) is 1. The number of benzene rings is 2. The second-order valence-corrected chi connectivity index (χ2v) is 4.30. The van der Waals surface area contributed by atoms with Crippen LogP contribution in [0.2, 0.25) is 0 Å². The Labute approximate surface area is 116 Å². The number of carbonyl (C=O) groups excluding carboxylic acids is 2. The Hall–Kier alpha value is -2.66. The molecule has 0 saturated heterocycles. The van der Waals surface area contributed by atoms with Gasteiger partial charge >= 0.3 is 0 Å². The second-order valence-electron chi connectivity index (χ2n) is 4.30. The molecule has 5 N–H and O–H groups in total. The fraction of sp³-hybridized carbons (Fsp3) is 0.0667. The standard InChI is InChI=1S/C15H15N3O2/c16-9-10-3-1-6-13(7-10)18-15(20)12-5-2-4-11(8-12)14(17)19/h1-8H,9,16H2,(H2,17,19)(H,18,20). The van der Waals surface area contributed by atoms with Crippen molar-refractivity contribution in [3.05, 3.63) is 65.2 Å². The molecule has 5 heteroatoms. The maximum absolute atomic E-state index is 12.1. The van der Waals surface area contributed by atoms with E-state index in [0.717, 1.165) is 5.56 Å². The monoisotopic (exact) mass is 269 g/mol. The molecule has 0 aromatic heterocycles. The minimum Gasteiger partial charge on any atom is -0.366 e. The Morgan fingerprint density at radius 3 is 2.40 bits per heavy atom. The molecule has 2 rings (SSSR count). The first-order valence-electron chi connectivity index (χ1n) is 6.10. The maximum atomic E-state index is 12.1. The van der Waals surface area contributed by atoms with Crippen molar-refractivity contribution in [3.8, 4) is 0 Å². The van der Waals surface area contributed by atoms with Gasteiger partial charge in [0.15, 0.2) is 0 Å². The summed E-state index contributed by atoms with van der Waals surface area (Å²) in [5, 5.41) is 2.75. The van der Waals surface area contributed by atoms with Gasteiger partial charge in [0.25, 0.3) is 5.91 Å². The normalized spacial score (nSPS) is 10.1. The molecule has 0 unspecified atom stereocenters. The number of hydrogen-bond donors (Lipinski definition) is 3. The van der Waals surface area contributed by atoms with E-state index < -0.39 is 5.91 Å². The van der Waals surface area contributed by atoms with Crippen LogP contribution in [-0.2, 0) is 6.54 Å². The maximum Gasteiger partial charge on any atom is 0.255 e. The summed E-state index contributed by atoms with van der Waals surface area (Å²) < 4.78 is 0. The largest absolute Gasteiger partial charge is 0.366 e. The summed E-state index contributed by atoms with van der Waals surface area (Å²) in [6.45, 7) is 0.404. The first-order valence-corrected chi connectivity index (χ1v) is 6.10. The minimum absolute atomic E-state index is 0.299. The van der Waals surface area contributed by atoms with Crippen molar-refractivity contribution < 1.29 is 9.59 Å². The van der Waals surface area contributed by atoms with Crippen LogP contribution in [0.3, 0.4) is 0 Å². The fourth-order valence-electron chi connectivity index (χ4n) is 1.79. The molecule has 0 radical (unpaired) electrons. The second kappa shape index (κ2) is 5.99. The van der Waals surface area contributed by atoms with E-state index in [4.69, 9.17) is 11.5 Å². The van der Waals surface area contributed by atoms with Crippen LogP contribution in [0.5, 0.6) is 0 Å². The van der Waals surface area contributed by atoms with Gasteiger partial charge in [-0.05, 0) is 35.9 Å². The van der Waals surface area contributed by atoms with Crippen molar-refractivity contribution >= 4 is 17.5 Å². The zero-order chi connectivity index (χ0) is 14.5. The molecule has 0 bridgehead atoms. The van der Waals surface area contributed by atoms with E-state index in [1.54, 1.807) is 30.3 Å². The molecule has 0 fully saturated rings. The lowest BCUT2D eigenvalue weighted by molar-refractivity contribution is 0.1000. The third-order valence-corrected chi connectivity index (χ3v) is 2.83. The molecule has 2 aromatic carbocycles. The molecule has 0 spiro atoms. The van der Waals surface area contributed by atoms with E-state index in [2.05, 4.69) is 5.32 Å². The highest BCUT2D eigenvalue weighted by atomic mass is 16.2. The van der Waals surface area contributed by atoms with Gasteiger partial charge in [0.05, 0.1) is 0 Å². The van der Waals surface area contributed by atoms with Gasteiger partial charge in [0, 0.05) is 23.4 Å². The highest BCUT2D eigenvalue weighted by Crippen LogP contribution is 2.13. The number of primary amides is 1. The van der Waals surface area contributed by atoms with Gasteiger partial charge in [-0.15, -0.1) is 0 Å². The van der Waals surface area contributed by atoms with Gasteiger partial charge < -0.3 is 16.8 Å². The van der Waals surface area contributed by atoms with Gasteiger partial charge in [0.1, 0.15) is 0 Å². The molecule has 0 atom stereocenters. The number of hydrogen-bond acceptors (Lipinski definition) is 3. The van der Waals surface area contributed by atoms with E-state index in [1.165, 1.54) is 6.07 Å². The van der Waals surface area contributed by atoms with Gasteiger partial charge in [-0.25, -0.2) is 0 Å². The lowest BCUT2D eigenvalue weighted by Gasteiger charge is -2.07. The first kappa shape index (κ1) is 13.8. The van der Waals surface area contributed by atoms with Crippen LogP contribution in [0.1, 0.15) is 26.3 Å². The summed E-state index contributed by atoms with van der Waals surface area (Å²) in [6, 6.07) is 13.5. The average molecular weight is 269 g/mol. The quantitative estimate of drug-likeness (QED) is 0.784.